The molecule has 4 aromatic rings. The summed E-state index contributed by atoms with van der Waals surface area (Å²) in [6, 6.07) is 11.9. The molecule has 2 amide bonds. The summed E-state index contributed by atoms with van der Waals surface area (Å²) >= 11 is 0. The van der Waals surface area contributed by atoms with Crippen molar-refractivity contribution in [2.75, 3.05) is 43.2 Å². The molecule has 1 aliphatic carbocycles. The molecule has 7 rings (SSSR count). The Morgan fingerprint density at radius 2 is 1.36 bits per heavy atom. The Morgan fingerprint density at radius 1 is 0.795 bits per heavy atom. The number of fused-ring (bicyclic) bond motifs is 2. The molecular formula is C34H44N6O4. The number of hydrogen-bond acceptors (Lipinski definition) is 6. The number of pyridine rings is 2. The molecule has 0 unspecified atom stereocenters. The smallest absolute Gasteiger partial charge is 0.230 e. The molecule has 0 bridgehead atoms. The van der Waals surface area contributed by atoms with Crippen LogP contribution in [0.2, 0.25) is 0 Å². The van der Waals surface area contributed by atoms with Crippen LogP contribution in [0, 0.1) is 17.8 Å². The van der Waals surface area contributed by atoms with Crippen LogP contribution in [0.5, 0.6) is 0 Å². The highest BCUT2D eigenvalue weighted by molar-refractivity contribution is 6.00. The molecule has 0 radical (unpaired) electrons. The van der Waals surface area contributed by atoms with Crippen LogP contribution in [0.1, 0.15) is 63.8 Å². The van der Waals surface area contributed by atoms with Gasteiger partial charge >= 0.3 is 0 Å². The normalized spacial score (nSPS) is 17.8. The fourth-order valence-electron chi connectivity index (χ4n) is 6.20. The Balaban J connectivity index is 0.000000159. The van der Waals surface area contributed by atoms with Crippen molar-refractivity contribution in [3.63, 3.8) is 0 Å². The van der Waals surface area contributed by atoms with Gasteiger partial charge in [-0.05, 0) is 81.5 Å². The van der Waals surface area contributed by atoms with E-state index >= 15 is 0 Å². The molecule has 2 aliphatic heterocycles. The van der Waals surface area contributed by atoms with Crippen molar-refractivity contribution < 1.29 is 19.1 Å². The van der Waals surface area contributed by atoms with Crippen molar-refractivity contribution in [1.82, 2.24) is 19.2 Å². The Kier molecular flexibility index (Phi) is 9.57. The second kappa shape index (κ2) is 13.9. The molecule has 6 heterocycles. The summed E-state index contributed by atoms with van der Waals surface area (Å²) in [5.41, 5.74) is 5.81. The highest BCUT2D eigenvalue weighted by Crippen LogP contribution is 2.36. The molecule has 10 heteroatoms. The minimum Gasteiger partial charge on any atom is -0.381 e. The number of nitrogens with zero attached hydrogens (tertiary/aromatic N) is 5. The topological polar surface area (TPSA) is 102 Å². The minimum atomic E-state index is 0.0483. The van der Waals surface area contributed by atoms with E-state index in [1.54, 1.807) is 0 Å². The highest BCUT2D eigenvalue weighted by atomic mass is 16.5. The summed E-state index contributed by atoms with van der Waals surface area (Å²) in [6.45, 7) is 7.73. The van der Waals surface area contributed by atoms with Crippen molar-refractivity contribution in [3.05, 3.63) is 60.2 Å². The number of aromatic nitrogens is 4. The van der Waals surface area contributed by atoms with Crippen molar-refractivity contribution in [1.29, 1.82) is 0 Å². The monoisotopic (exact) mass is 600 g/mol. The van der Waals surface area contributed by atoms with Gasteiger partial charge < -0.3 is 19.7 Å². The molecule has 10 nitrogen and oxygen atoms in total. The van der Waals surface area contributed by atoms with Crippen LogP contribution in [-0.4, -0.2) is 64.0 Å². The average molecular weight is 601 g/mol. The molecule has 2 saturated heterocycles. The zero-order valence-electron chi connectivity index (χ0n) is 25.9. The van der Waals surface area contributed by atoms with Crippen molar-refractivity contribution in [2.24, 2.45) is 17.8 Å². The fraction of sp³-hybridized carbons (Fsp3) is 0.529. The molecule has 44 heavy (non-hydrogen) atoms. The minimum absolute atomic E-state index is 0.0483. The van der Waals surface area contributed by atoms with Gasteiger partial charge in [0.05, 0.1) is 33.8 Å². The maximum absolute atomic E-state index is 13.3. The van der Waals surface area contributed by atoms with E-state index in [2.05, 4.69) is 28.3 Å². The summed E-state index contributed by atoms with van der Waals surface area (Å²) in [7, 11) is 0. The van der Waals surface area contributed by atoms with Gasteiger partial charge in [0.2, 0.25) is 11.8 Å². The van der Waals surface area contributed by atoms with Crippen LogP contribution >= 0.6 is 0 Å². The van der Waals surface area contributed by atoms with Gasteiger partial charge in [-0.3, -0.25) is 9.59 Å². The predicted octanol–water partition coefficient (Wildman–Crippen LogP) is 5.33. The molecule has 0 aromatic carbocycles. The van der Waals surface area contributed by atoms with Gasteiger partial charge in [-0.25, -0.2) is 9.03 Å². The van der Waals surface area contributed by atoms with E-state index < -0.39 is 0 Å². The van der Waals surface area contributed by atoms with E-state index in [0.29, 0.717) is 32.3 Å². The van der Waals surface area contributed by atoms with Crippen LogP contribution in [0.3, 0.4) is 0 Å². The first-order chi connectivity index (χ1) is 21.6. The van der Waals surface area contributed by atoms with E-state index in [9.17, 15) is 9.59 Å². The zero-order chi connectivity index (χ0) is 30.5. The van der Waals surface area contributed by atoms with Crippen molar-refractivity contribution in [3.8, 4) is 0 Å². The Bertz CT molecular complexity index is 1580. The van der Waals surface area contributed by atoms with E-state index in [4.69, 9.17) is 14.6 Å². The fourth-order valence-corrected chi connectivity index (χ4v) is 6.20. The zero-order valence-corrected chi connectivity index (χ0v) is 25.9. The Labute approximate surface area is 258 Å². The van der Waals surface area contributed by atoms with Gasteiger partial charge in [-0.2, -0.15) is 10.2 Å². The average Bonchev–Trinajstić information content (AvgIpc) is 3.73. The van der Waals surface area contributed by atoms with E-state index in [1.807, 2.05) is 58.7 Å². The van der Waals surface area contributed by atoms with Gasteiger partial charge in [0, 0.05) is 57.2 Å². The van der Waals surface area contributed by atoms with Gasteiger partial charge in [0.15, 0.2) is 0 Å². The molecule has 234 valence electrons. The molecule has 3 aliphatic rings. The lowest BCUT2D eigenvalue weighted by molar-refractivity contribution is -0.125. The molecule has 3 fully saturated rings. The quantitative estimate of drug-likeness (QED) is 0.293. The first kappa shape index (κ1) is 30.3. The molecule has 1 saturated carbocycles. The summed E-state index contributed by atoms with van der Waals surface area (Å²) in [5.74, 6) is 1.13. The molecular weight excluding hydrogens is 556 g/mol. The van der Waals surface area contributed by atoms with Crippen LogP contribution in [0.25, 0.3) is 11.0 Å². The number of carbonyl (C=O) groups excluding carboxylic acids is 2. The summed E-state index contributed by atoms with van der Waals surface area (Å²) in [6.07, 6.45) is 11.2. The number of hydrogen-bond donors (Lipinski definition) is 1. The molecule has 0 atom stereocenters. The maximum atomic E-state index is 13.3. The van der Waals surface area contributed by atoms with Crippen LogP contribution in [0.15, 0.2) is 48.8 Å². The predicted molar refractivity (Wildman–Crippen MR) is 170 cm³/mol. The molecule has 1 N–H and O–H groups in total. The van der Waals surface area contributed by atoms with Crippen LogP contribution in [-0.2, 0) is 31.9 Å². The summed E-state index contributed by atoms with van der Waals surface area (Å²) < 4.78 is 14.5. The van der Waals surface area contributed by atoms with Crippen LogP contribution in [0.4, 0.5) is 11.4 Å². The van der Waals surface area contributed by atoms with E-state index in [0.717, 1.165) is 78.9 Å². The lowest BCUT2D eigenvalue weighted by Crippen LogP contribution is -2.40. The van der Waals surface area contributed by atoms with E-state index in [1.165, 1.54) is 12.8 Å². The van der Waals surface area contributed by atoms with Gasteiger partial charge in [0.1, 0.15) is 0 Å². The third-order valence-electron chi connectivity index (χ3n) is 8.95. The summed E-state index contributed by atoms with van der Waals surface area (Å²) in [5, 5.41) is 12.3. The standard InChI is InChI=1S/C19H25N3O2.C15H19N3O2/c1-2-16-18(17-5-3-4-10-22(17)20-16)21(13-14-6-7-14)19(23)15-8-11-24-12-9-15;1-2-12-14(13-5-3-4-8-18(13)17-12)16-15(19)11-6-9-20-10-7-11/h3-5,10,14-15H,2,6-9,11-13H2,1H3;3-5,8,11H,2,6-7,9-10H2,1H3,(H,16,19). The first-order valence-corrected chi connectivity index (χ1v) is 16.3. The first-order valence-electron chi connectivity index (χ1n) is 16.3. The van der Waals surface area contributed by atoms with Gasteiger partial charge in [-0.15, -0.1) is 0 Å². The second-order valence-electron chi connectivity index (χ2n) is 12.0. The van der Waals surface area contributed by atoms with E-state index in [-0.39, 0.29) is 23.7 Å². The number of aryl methyl sites for hydroxylation is 2. The molecule has 4 aromatic heterocycles. The molecule has 0 spiro atoms. The number of anilines is 2. The number of nitrogens with one attached hydrogen (secondary N) is 1. The lowest BCUT2D eigenvalue weighted by atomic mass is 9.98. The maximum Gasteiger partial charge on any atom is 0.230 e. The lowest BCUT2D eigenvalue weighted by Gasteiger charge is -2.29. The third kappa shape index (κ3) is 6.66. The second-order valence-corrected chi connectivity index (χ2v) is 12.0. The SMILES string of the molecule is CCc1nn2ccccc2c1N(CC1CC1)C(=O)C1CCOCC1.CCc1nn2ccccc2c1NC(=O)C1CCOCC1. The Morgan fingerprint density at radius 3 is 1.98 bits per heavy atom. The number of rotatable bonds is 8. The summed E-state index contributed by atoms with van der Waals surface area (Å²) in [4.78, 5) is 27.7. The Hall–Kier alpha value is -3.76. The van der Waals surface area contributed by atoms with Crippen molar-refractivity contribution in [2.45, 2.75) is 65.2 Å². The van der Waals surface area contributed by atoms with Crippen molar-refractivity contribution >= 4 is 34.2 Å². The number of carbonyl (C=O) groups is 2. The van der Waals surface area contributed by atoms with Gasteiger partial charge in [-0.1, -0.05) is 26.0 Å². The third-order valence-corrected chi connectivity index (χ3v) is 8.95. The van der Waals surface area contributed by atoms with Crippen LogP contribution < -0.4 is 10.2 Å². The number of ether oxygens (including phenoxy) is 2. The van der Waals surface area contributed by atoms with Gasteiger partial charge in [0.25, 0.3) is 0 Å². The largest absolute Gasteiger partial charge is 0.381 e. The highest BCUT2D eigenvalue weighted by Gasteiger charge is 2.34. The number of amides is 2.